The molecular formula is C28H36O11. The van der Waals surface area contributed by atoms with E-state index < -0.39 is 82.9 Å². The van der Waals surface area contributed by atoms with Gasteiger partial charge in [0.1, 0.15) is 24.4 Å². The Morgan fingerprint density at radius 1 is 0.872 bits per heavy atom. The number of ether oxygens (including phenoxy) is 6. The van der Waals surface area contributed by atoms with Crippen LogP contribution in [0.3, 0.4) is 0 Å². The second-order valence-electron chi connectivity index (χ2n) is 11.3. The molecule has 1 spiro atoms. The van der Waals surface area contributed by atoms with E-state index in [-0.39, 0.29) is 12.8 Å². The van der Waals surface area contributed by atoms with Gasteiger partial charge >= 0.3 is 29.8 Å². The second kappa shape index (κ2) is 9.76. The zero-order valence-corrected chi connectivity index (χ0v) is 23.5. The van der Waals surface area contributed by atoms with Gasteiger partial charge in [-0.05, 0) is 26.8 Å². The van der Waals surface area contributed by atoms with E-state index in [2.05, 4.69) is 0 Å². The number of rotatable bonds is 4. The van der Waals surface area contributed by atoms with Crippen molar-refractivity contribution in [2.24, 2.45) is 11.3 Å². The summed E-state index contributed by atoms with van der Waals surface area (Å²) in [6.07, 6.45) is -1.15. The lowest BCUT2D eigenvalue weighted by atomic mass is 9.56. The van der Waals surface area contributed by atoms with Crippen molar-refractivity contribution in [2.45, 2.75) is 110 Å². The first kappa shape index (κ1) is 28.8. The number of fused-ring (bicyclic) bond motifs is 1. The third-order valence-electron chi connectivity index (χ3n) is 8.48. The van der Waals surface area contributed by atoms with Crippen molar-refractivity contribution in [3.8, 4) is 0 Å². The second-order valence-corrected chi connectivity index (χ2v) is 11.3. The van der Waals surface area contributed by atoms with Crippen molar-refractivity contribution in [1.82, 2.24) is 0 Å². The maximum Gasteiger partial charge on any atom is 0.342 e. The highest BCUT2D eigenvalue weighted by Gasteiger charge is 2.87. The van der Waals surface area contributed by atoms with Gasteiger partial charge in [0.2, 0.25) is 0 Å². The monoisotopic (exact) mass is 548 g/mol. The molecule has 2 heterocycles. The van der Waals surface area contributed by atoms with Gasteiger partial charge in [0, 0.05) is 46.5 Å². The molecule has 0 aromatic heterocycles. The summed E-state index contributed by atoms with van der Waals surface area (Å²) in [4.78, 5) is 62.8. The topological polar surface area (TPSA) is 144 Å². The summed E-state index contributed by atoms with van der Waals surface area (Å²) in [6, 6.07) is 0. The van der Waals surface area contributed by atoms with Crippen molar-refractivity contribution in [3.05, 3.63) is 23.3 Å². The van der Waals surface area contributed by atoms with Gasteiger partial charge in [0.15, 0.2) is 17.3 Å². The van der Waals surface area contributed by atoms with Gasteiger partial charge < -0.3 is 28.4 Å². The van der Waals surface area contributed by atoms with Crippen LogP contribution in [0.2, 0.25) is 0 Å². The van der Waals surface area contributed by atoms with Crippen LogP contribution in [0.25, 0.3) is 0 Å². The van der Waals surface area contributed by atoms with Crippen LogP contribution in [0.4, 0.5) is 0 Å². The van der Waals surface area contributed by atoms with Crippen LogP contribution in [0.1, 0.15) is 68.2 Å². The first-order valence-electron chi connectivity index (χ1n) is 13.0. The number of carbonyl (C=O) groups is 5. The Kier molecular flexibility index (Phi) is 7.21. The normalized spacial score (nSPS) is 42.1. The number of hydrogen-bond donors (Lipinski definition) is 0. The Hall–Kier alpha value is -3.21. The maximum atomic E-state index is 13.0. The van der Waals surface area contributed by atoms with Crippen LogP contribution < -0.4 is 0 Å². The first-order chi connectivity index (χ1) is 18.1. The average molecular weight is 549 g/mol. The molecule has 0 amide bonds. The van der Waals surface area contributed by atoms with Crippen LogP contribution in [0, 0.1) is 11.3 Å². The standard InChI is InChI=1S/C28H36O11/c1-13-11-19(34-15(3)29)23(36-17(5)31)26(7)20(35-16(4)30)10-9-14(2)22(26)24(37-18(6)32)28-21(12-13)38-25(33)27(28,8)39-28/h9,12,19-24H,10-11H2,1-8H3/b13-12-/t19-,20-,21-,22+,23-,24+,26-,27-,28-/m0/s1. The van der Waals surface area contributed by atoms with Crippen molar-refractivity contribution < 1.29 is 52.4 Å². The Bertz CT molecular complexity index is 1170. The van der Waals surface area contributed by atoms with E-state index in [1.165, 1.54) is 27.7 Å². The fourth-order valence-corrected chi connectivity index (χ4v) is 6.90. The van der Waals surface area contributed by atoms with E-state index in [4.69, 9.17) is 28.4 Å². The Morgan fingerprint density at radius 2 is 1.44 bits per heavy atom. The van der Waals surface area contributed by atoms with Crippen molar-refractivity contribution >= 4 is 29.8 Å². The number of hydrogen-bond acceptors (Lipinski definition) is 11. The zero-order valence-electron chi connectivity index (χ0n) is 23.5. The highest BCUT2D eigenvalue weighted by molar-refractivity contribution is 5.89. The number of epoxide rings is 1. The molecule has 11 heteroatoms. The van der Waals surface area contributed by atoms with Gasteiger partial charge in [-0.3, -0.25) is 19.2 Å². The first-order valence-corrected chi connectivity index (χ1v) is 13.0. The molecule has 2 fully saturated rings. The van der Waals surface area contributed by atoms with Gasteiger partial charge in [-0.15, -0.1) is 0 Å². The van der Waals surface area contributed by atoms with Crippen LogP contribution in [0.5, 0.6) is 0 Å². The largest absolute Gasteiger partial charge is 0.461 e. The highest BCUT2D eigenvalue weighted by Crippen LogP contribution is 2.65. The maximum absolute atomic E-state index is 13.0. The minimum atomic E-state index is -1.41. The summed E-state index contributed by atoms with van der Waals surface area (Å²) in [5.41, 5.74) is -2.73. The van der Waals surface area contributed by atoms with E-state index >= 15 is 0 Å². The predicted octanol–water partition coefficient (Wildman–Crippen LogP) is 2.49. The summed E-state index contributed by atoms with van der Waals surface area (Å²) in [5, 5.41) is 0. The van der Waals surface area contributed by atoms with E-state index in [0.29, 0.717) is 5.57 Å². The minimum absolute atomic E-state index is 0.120. The van der Waals surface area contributed by atoms with E-state index in [1.807, 2.05) is 13.0 Å². The van der Waals surface area contributed by atoms with Crippen LogP contribution >= 0.6 is 0 Å². The van der Waals surface area contributed by atoms with Crippen LogP contribution in [-0.2, 0) is 52.4 Å². The smallest absolute Gasteiger partial charge is 0.342 e. The molecule has 2 aliphatic heterocycles. The van der Waals surface area contributed by atoms with Crippen LogP contribution in [0.15, 0.2) is 23.3 Å². The molecule has 4 rings (SSSR count). The molecule has 0 aromatic carbocycles. The van der Waals surface area contributed by atoms with Gasteiger partial charge in [0.05, 0.1) is 5.41 Å². The molecule has 0 aromatic rings. The molecule has 0 N–H and O–H groups in total. The molecule has 11 nitrogen and oxygen atoms in total. The Balaban J connectivity index is 2.05. The van der Waals surface area contributed by atoms with Gasteiger partial charge in [-0.1, -0.05) is 24.1 Å². The lowest BCUT2D eigenvalue weighted by molar-refractivity contribution is -0.214. The lowest BCUT2D eigenvalue weighted by Crippen LogP contribution is -2.64. The SMILES string of the molecule is CC(=O)O[C@H]1C/C(C)=C\[C@@H]2OC(=O)[C@]3(C)O[C@]23[C@H](OC(C)=O)[C@H]2C(C)=CC[C@H](OC(C)=O)[C@]2(C)[C@H]1OC(C)=O. The average Bonchev–Trinajstić information content (AvgIpc) is 3.38. The third-order valence-corrected chi connectivity index (χ3v) is 8.48. The molecule has 0 saturated carbocycles. The Labute approximate surface area is 227 Å². The van der Waals surface area contributed by atoms with Gasteiger partial charge in [0.25, 0.3) is 0 Å². The van der Waals surface area contributed by atoms with Gasteiger partial charge in [-0.25, -0.2) is 4.79 Å². The number of esters is 5. The molecule has 4 aliphatic rings. The lowest BCUT2D eigenvalue weighted by Gasteiger charge is -2.54. The fraction of sp³-hybridized carbons (Fsp3) is 0.679. The molecule has 9 atom stereocenters. The fourth-order valence-electron chi connectivity index (χ4n) is 6.90. The molecule has 0 bridgehead atoms. The molecule has 214 valence electrons. The number of carbonyl (C=O) groups excluding carboxylic acids is 5. The van der Waals surface area contributed by atoms with Gasteiger partial charge in [-0.2, -0.15) is 0 Å². The summed E-state index contributed by atoms with van der Waals surface area (Å²) >= 11 is 0. The predicted molar refractivity (Wildman–Crippen MR) is 133 cm³/mol. The Morgan fingerprint density at radius 3 is 1.97 bits per heavy atom. The van der Waals surface area contributed by atoms with Crippen LogP contribution in [-0.4, -0.2) is 71.6 Å². The zero-order chi connectivity index (χ0) is 29.1. The molecule has 2 saturated heterocycles. The highest BCUT2D eigenvalue weighted by atomic mass is 16.7. The summed E-state index contributed by atoms with van der Waals surface area (Å²) in [6.45, 7) is 11.9. The molecule has 2 aliphatic carbocycles. The molecule has 0 unspecified atom stereocenters. The molecule has 0 radical (unpaired) electrons. The van der Waals surface area contributed by atoms with E-state index in [0.717, 1.165) is 5.57 Å². The minimum Gasteiger partial charge on any atom is -0.461 e. The van der Waals surface area contributed by atoms with Crippen molar-refractivity contribution in [1.29, 1.82) is 0 Å². The van der Waals surface area contributed by atoms with Crippen molar-refractivity contribution in [3.63, 3.8) is 0 Å². The van der Waals surface area contributed by atoms with E-state index in [1.54, 1.807) is 26.8 Å². The van der Waals surface area contributed by atoms with Crippen molar-refractivity contribution in [2.75, 3.05) is 0 Å². The quantitative estimate of drug-likeness (QED) is 0.221. The third kappa shape index (κ3) is 4.54. The van der Waals surface area contributed by atoms with E-state index in [9.17, 15) is 24.0 Å². The summed E-state index contributed by atoms with van der Waals surface area (Å²) in [5.74, 6) is -3.86. The molecular weight excluding hydrogens is 512 g/mol. The summed E-state index contributed by atoms with van der Waals surface area (Å²) in [7, 11) is 0. The summed E-state index contributed by atoms with van der Waals surface area (Å²) < 4.78 is 35.4. The molecule has 39 heavy (non-hydrogen) atoms.